The third-order valence-corrected chi connectivity index (χ3v) is 3.56. The van der Waals surface area contributed by atoms with Gasteiger partial charge in [0, 0.05) is 11.1 Å². The number of hydrogen-bond donors (Lipinski definition) is 0. The zero-order valence-electron chi connectivity index (χ0n) is 9.82. The molecule has 1 nitrogen and oxygen atoms in total. The third kappa shape index (κ3) is 2.32. The minimum atomic E-state index is 1.05. The van der Waals surface area contributed by atoms with Gasteiger partial charge in [0.25, 0.3) is 0 Å². The van der Waals surface area contributed by atoms with Gasteiger partial charge in [0.05, 0.1) is 11.4 Å². The molecule has 0 aliphatic carbocycles. The average Bonchev–Trinajstić information content (AvgIpc) is 2.49. The van der Waals surface area contributed by atoms with Gasteiger partial charge in [0.1, 0.15) is 0 Å². The van der Waals surface area contributed by atoms with E-state index in [1.807, 2.05) is 36.4 Å². The molecule has 2 aromatic carbocycles. The maximum atomic E-state index is 4.74. The van der Waals surface area contributed by atoms with Crippen LogP contribution in [-0.2, 0) is 0 Å². The van der Waals surface area contributed by atoms with Crippen LogP contribution in [0.1, 0.15) is 0 Å². The van der Waals surface area contributed by atoms with Crippen molar-refractivity contribution < 1.29 is 0 Å². The van der Waals surface area contributed by atoms with Gasteiger partial charge >= 0.3 is 0 Å². The molecule has 0 aliphatic rings. The van der Waals surface area contributed by atoms with Crippen LogP contribution in [0.5, 0.6) is 0 Å². The van der Waals surface area contributed by atoms with Crippen molar-refractivity contribution in [1.82, 2.24) is 4.98 Å². The zero-order chi connectivity index (χ0) is 12.2. The first-order valence-corrected chi connectivity index (χ1v) is 6.90. The van der Waals surface area contributed by atoms with Crippen LogP contribution in [0.25, 0.3) is 22.5 Å². The van der Waals surface area contributed by atoms with Crippen molar-refractivity contribution in [2.75, 3.05) is 0 Å². The van der Waals surface area contributed by atoms with E-state index < -0.39 is 0 Å². The summed E-state index contributed by atoms with van der Waals surface area (Å²) in [5, 5.41) is 0. The SMILES string of the molecule is c1ccc(-c2cpcc(-c3ccccc3)n2)cc1. The number of hydrogen-bond acceptors (Lipinski definition) is 1. The lowest BCUT2D eigenvalue weighted by molar-refractivity contribution is 1.35. The molecule has 0 amide bonds. The van der Waals surface area contributed by atoms with E-state index >= 15 is 0 Å². The lowest BCUT2D eigenvalue weighted by atomic mass is 10.1. The van der Waals surface area contributed by atoms with Gasteiger partial charge in [-0.3, -0.25) is 0 Å². The average molecular weight is 249 g/mol. The molecule has 1 heterocycles. The molecule has 1 aromatic heterocycles. The molecule has 0 N–H and O–H groups in total. The largest absolute Gasteiger partial charge is 0.247 e. The second kappa shape index (κ2) is 5.12. The maximum Gasteiger partial charge on any atom is 0.0755 e. The van der Waals surface area contributed by atoms with E-state index in [1.54, 1.807) is 0 Å². The highest BCUT2D eigenvalue weighted by Gasteiger charge is 2.02. The molecule has 0 radical (unpaired) electrons. The minimum absolute atomic E-state index is 1.05. The molecular weight excluding hydrogens is 237 g/mol. The van der Waals surface area contributed by atoms with E-state index in [4.69, 9.17) is 4.98 Å². The predicted octanol–water partition coefficient (Wildman–Crippen LogP) is 5.00. The molecule has 2 heteroatoms. The highest BCUT2D eigenvalue weighted by Crippen LogP contribution is 2.26. The monoisotopic (exact) mass is 249 g/mol. The molecule has 0 bridgehead atoms. The Bertz CT molecular complexity index is 581. The van der Waals surface area contributed by atoms with E-state index in [0.29, 0.717) is 0 Å². The van der Waals surface area contributed by atoms with Crippen molar-refractivity contribution >= 4 is 8.19 Å². The fourth-order valence-corrected chi connectivity index (χ4v) is 2.63. The van der Waals surface area contributed by atoms with Gasteiger partial charge in [-0.2, -0.15) is 0 Å². The van der Waals surface area contributed by atoms with Crippen LogP contribution in [-0.4, -0.2) is 4.98 Å². The standard InChI is InChI=1S/C16H12NP/c1-3-7-13(8-4-1)15-11-18-12-16(17-15)14-9-5-2-6-10-14/h1-12H. The van der Waals surface area contributed by atoms with Crippen molar-refractivity contribution in [3.63, 3.8) is 0 Å². The summed E-state index contributed by atoms with van der Waals surface area (Å²) >= 11 is 0. The van der Waals surface area contributed by atoms with Gasteiger partial charge in [-0.1, -0.05) is 68.9 Å². The summed E-state index contributed by atoms with van der Waals surface area (Å²) in [4.78, 5) is 4.74. The summed E-state index contributed by atoms with van der Waals surface area (Å²) in [6.45, 7) is 0. The van der Waals surface area contributed by atoms with Gasteiger partial charge < -0.3 is 0 Å². The lowest BCUT2D eigenvalue weighted by Gasteiger charge is -2.04. The van der Waals surface area contributed by atoms with E-state index in [2.05, 4.69) is 35.9 Å². The first-order chi connectivity index (χ1) is 8.93. The normalized spacial score (nSPS) is 10.2. The molecule has 0 unspecified atom stereocenters. The molecule has 3 aromatic rings. The molecule has 0 aliphatic heterocycles. The summed E-state index contributed by atoms with van der Waals surface area (Å²) in [6, 6.07) is 20.6. The Morgan fingerprint density at radius 1 is 0.611 bits per heavy atom. The van der Waals surface area contributed by atoms with Gasteiger partial charge in [0.15, 0.2) is 0 Å². The van der Waals surface area contributed by atoms with Crippen LogP contribution in [0.3, 0.4) is 0 Å². The summed E-state index contributed by atoms with van der Waals surface area (Å²) < 4.78 is 0. The van der Waals surface area contributed by atoms with Crippen molar-refractivity contribution in [1.29, 1.82) is 0 Å². The van der Waals surface area contributed by atoms with Crippen LogP contribution in [0, 0.1) is 0 Å². The van der Waals surface area contributed by atoms with Crippen molar-refractivity contribution in [2.24, 2.45) is 0 Å². The molecule has 0 spiro atoms. The second-order valence-corrected chi connectivity index (χ2v) is 4.84. The van der Waals surface area contributed by atoms with Crippen LogP contribution in [0.2, 0.25) is 0 Å². The first-order valence-electron chi connectivity index (χ1n) is 5.86. The molecular formula is C16H12NP. The topological polar surface area (TPSA) is 12.9 Å². The molecule has 0 atom stereocenters. The quantitative estimate of drug-likeness (QED) is 0.623. The van der Waals surface area contributed by atoms with E-state index in [1.165, 1.54) is 19.3 Å². The van der Waals surface area contributed by atoms with E-state index in [0.717, 1.165) is 11.4 Å². The van der Waals surface area contributed by atoms with Gasteiger partial charge in [-0.25, -0.2) is 4.98 Å². The number of benzene rings is 2. The van der Waals surface area contributed by atoms with Crippen LogP contribution in [0.4, 0.5) is 0 Å². The Labute approximate surface area is 108 Å². The zero-order valence-corrected chi connectivity index (χ0v) is 10.7. The number of rotatable bonds is 2. The summed E-state index contributed by atoms with van der Waals surface area (Å²) in [7, 11) is 1.19. The molecule has 3 rings (SSSR count). The highest BCUT2D eigenvalue weighted by atomic mass is 31.0. The molecule has 86 valence electrons. The Hall–Kier alpha value is -1.98. The highest BCUT2D eigenvalue weighted by molar-refractivity contribution is 7.28. The Balaban J connectivity index is 2.05. The molecule has 18 heavy (non-hydrogen) atoms. The smallest absolute Gasteiger partial charge is 0.0755 e. The van der Waals surface area contributed by atoms with Crippen LogP contribution in [0.15, 0.2) is 72.3 Å². The van der Waals surface area contributed by atoms with E-state index in [-0.39, 0.29) is 0 Å². The molecule has 0 saturated heterocycles. The van der Waals surface area contributed by atoms with Gasteiger partial charge in [-0.05, 0) is 11.6 Å². The number of aromatic nitrogens is 1. The fraction of sp³-hybridized carbons (Fsp3) is 0. The summed E-state index contributed by atoms with van der Waals surface area (Å²) in [6.07, 6.45) is 0. The Morgan fingerprint density at radius 3 is 1.50 bits per heavy atom. The van der Waals surface area contributed by atoms with Crippen LogP contribution >= 0.6 is 8.19 Å². The minimum Gasteiger partial charge on any atom is -0.247 e. The number of nitrogens with zero attached hydrogens (tertiary/aromatic N) is 1. The van der Waals surface area contributed by atoms with Crippen LogP contribution < -0.4 is 0 Å². The first kappa shape index (κ1) is 11.1. The fourth-order valence-electron chi connectivity index (χ4n) is 1.86. The lowest BCUT2D eigenvalue weighted by Crippen LogP contribution is -1.85. The Kier molecular flexibility index (Phi) is 3.16. The third-order valence-electron chi connectivity index (χ3n) is 2.77. The summed E-state index contributed by atoms with van der Waals surface area (Å²) in [5.74, 6) is 4.28. The van der Waals surface area contributed by atoms with Crippen molar-refractivity contribution in [3.05, 3.63) is 72.3 Å². The predicted molar refractivity (Wildman–Crippen MR) is 77.6 cm³/mol. The molecule has 0 saturated carbocycles. The molecule has 0 fully saturated rings. The van der Waals surface area contributed by atoms with Gasteiger partial charge in [-0.15, -0.1) is 0 Å². The van der Waals surface area contributed by atoms with Crippen molar-refractivity contribution in [3.8, 4) is 22.5 Å². The maximum absolute atomic E-state index is 4.74. The summed E-state index contributed by atoms with van der Waals surface area (Å²) in [5.41, 5.74) is 4.45. The Morgan fingerprint density at radius 2 is 1.06 bits per heavy atom. The second-order valence-electron chi connectivity index (χ2n) is 4.02. The van der Waals surface area contributed by atoms with E-state index in [9.17, 15) is 0 Å². The van der Waals surface area contributed by atoms with Gasteiger partial charge in [0.2, 0.25) is 0 Å². The van der Waals surface area contributed by atoms with Crippen molar-refractivity contribution in [2.45, 2.75) is 0 Å².